The molecule has 3 aromatic rings. The van der Waals surface area contributed by atoms with Crippen molar-refractivity contribution in [3.63, 3.8) is 0 Å². The molecule has 0 saturated carbocycles. The Morgan fingerprint density at radius 2 is 2.19 bits per heavy atom. The standard InChI is InChI=1S/C18H20N4O4/c1-12(13-8-19-22(2)9-13)20-18(23)16-10-26-17(21-16)11-25-15-6-4-5-14(7-15)24-3/h4-10,12H,11H2,1-3H3,(H,20,23)/t12-/m1/s1. The maximum Gasteiger partial charge on any atom is 0.273 e. The smallest absolute Gasteiger partial charge is 0.273 e. The molecule has 0 spiro atoms. The van der Waals surface area contributed by atoms with Crippen LogP contribution >= 0.6 is 0 Å². The lowest BCUT2D eigenvalue weighted by Gasteiger charge is -2.10. The Bertz CT molecular complexity index is 887. The van der Waals surface area contributed by atoms with Gasteiger partial charge in [0, 0.05) is 24.9 Å². The Balaban J connectivity index is 1.57. The Morgan fingerprint density at radius 1 is 1.38 bits per heavy atom. The van der Waals surface area contributed by atoms with E-state index in [1.54, 1.807) is 30.1 Å². The lowest BCUT2D eigenvalue weighted by molar-refractivity contribution is 0.0934. The summed E-state index contributed by atoms with van der Waals surface area (Å²) in [6.07, 6.45) is 4.87. The van der Waals surface area contributed by atoms with Crippen molar-refractivity contribution in [1.29, 1.82) is 0 Å². The van der Waals surface area contributed by atoms with Gasteiger partial charge < -0.3 is 19.2 Å². The summed E-state index contributed by atoms with van der Waals surface area (Å²) in [5.41, 5.74) is 1.11. The lowest BCUT2D eigenvalue weighted by Crippen LogP contribution is -2.26. The first kappa shape index (κ1) is 17.5. The number of carbonyl (C=O) groups excluding carboxylic acids is 1. The van der Waals surface area contributed by atoms with E-state index in [-0.39, 0.29) is 24.2 Å². The van der Waals surface area contributed by atoms with E-state index in [0.717, 1.165) is 5.56 Å². The average Bonchev–Trinajstić information content (AvgIpc) is 3.29. The molecular formula is C18H20N4O4. The third-order valence-electron chi connectivity index (χ3n) is 3.76. The molecule has 1 N–H and O–H groups in total. The van der Waals surface area contributed by atoms with E-state index in [4.69, 9.17) is 13.9 Å². The van der Waals surface area contributed by atoms with Gasteiger partial charge in [-0.1, -0.05) is 6.07 Å². The summed E-state index contributed by atoms with van der Waals surface area (Å²) in [5.74, 6) is 1.31. The van der Waals surface area contributed by atoms with Crippen LogP contribution in [0.5, 0.6) is 11.5 Å². The molecule has 0 unspecified atom stereocenters. The van der Waals surface area contributed by atoms with Crippen LogP contribution in [-0.2, 0) is 13.7 Å². The van der Waals surface area contributed by atoms with Gasteiger partial charge in [-0.05, 0) is 19.1 Å². The van der Waals surface area contributed by atoms with E-state index in [0.29, 0.717) is 17.4 Å². The number of amides is 1. The number of rotatable bonds is 7. The number of hydrogen-bond donors (Lipinski definition) is 1. The first-order valence-corrected chi connectivity index (χ1v) is 8.06. The van der Waals surface area contributed by atoms with Crippen LogP contribution in [0.25, 0.3) is 0 Å². The van der Waals surface area contributed by atoms with Crippen molar-refractivity contribution < 1.29 is 18.7 Å². The maximum absolute atomic E-state index is 12.3. The fourth-order valence-corrected chi connectivity index (χ4v) is 2.34. The summed E-state index contributed by atoms with van der Waals surface area (Å²) >= 11 is 0. The fraction of sp³-hybridized carbons (Fsp3) is 0.278. The van der Waals surface area contributed by atoms with Crippen molar-refractivity contribution in [2.45, 2.75) is 19.6 Å². The third kappa shape index (κ3) is 4.21. The average molecular weight is 356 g/mol. The number of aromatic nitrogens is 3. The molecule has 2 aromatic heterocycles. The van der Waals surface area contributed by atoms with Gasteiger partial charge in [0.1, 0.15) is 17.8 Å². The van der Waals surface area contributed by atoms with E-state index < -0.39 is 0 Å². The summed E-state index contributed by atoms with van der Waals surface area (Å²) in [6.45, 7) is 1.99. The summed E-state index contributed by atoms with van der Waals surface area (Å²) in [4.78, 5) is 16.5. The van der Waals surface area contributed by atoms with Crippen LogP contribution in [0.3, 0.4) is 0 Å². The van der Waals surface area contributed by atoms with Gasteiger partial charge in [0.25, 0.3) is 5.91 Å². The van der Waals surface area contributed by atoms with Crippen molar-refractivity contribution in [3.8, 4) is 11.5 Å². The molecule has 8 heteroatoms. The normalized spacial score (nSPS) is 11.8. The number of carbonyl (C=O) groups is 1. The molecule has 3 rings (SSSR count). The minimum absolute atomic E-state index is 0.110. The van der Waals surface area contributed by atoms with Crippen molar-refractivity contribution in [2.24, 2.45) is 7.05 Å². The molecule has 1 amide bonds. The highest BCUT2D eigenvalue weighted by atomic mass is 16.5. The molecule has 0 saturated heterocycles. The highest BCUT2D eigenvalue weighted by Gasteiger charge is 2.16. The molecule has 1 aromatic carbocycles. The summed E-state index contributed by atoms with van der Waals surface area (Å²) in [7, 11) is 3.41. The number of ether oxygens (including phenoxy) is 2. The number of methoxy groups -OCH3 is 1. The van der Waals surface area contributed by atoms with Gasteiger partial charge in [-0.25, -0.2) is 4.98 Å². The Labute approximate surface area is 150 Å². The molecule has 0 aliphatic carbocycles. The van der Waals surface area contributed by atoms with Crippen LogP contribution in [0.15, 0.2) is 47.3 Å². The molecule has 0 bridgehead atoms. The van der Waals surface area contributed by atoms with Crippen molar-refractivity contribution in [1.82, 2.24) is 20.1 Å². The molecule has 8 nitrogen and oxygen atoms in total. The van der Waals surface area contributed by atoms with E-state index in [9.17, 15) is 4.79 Å². The Kier molecular flexibility index (Phi) is 5.21. The van der Waals surface area contributed by atoms with Gasteiger partial charge in [0.15, 0.2) is 12.3 Å². The first-order chi connectivity index (χ1) is 12.5. The number of benzene rings is 1. The summed E-state index contributed by atoms with van der Waals surface area (Å²) < 4.78 is 17.7. The number of nitrogens with one attached hydrogen (secondary N) is 1. The van der Waals surface area contributed by atoms with Gasteiger partial charge in [0.2, 0.25) is 5.89 Å². The molecule has 0 fully saturated rings. The zero-order valence-electron chi connectivity index (χ0n) is 14.8. The molecule has 0 radical (unpaired) electrons. The van der Waals surface area contributed by atoms with Gasteiger partial charge in [-0.2, -0.15) is 5.10 Å². The predicted octanol–water partition coefficient (Wildman–Crippen LogP) is 2.49. The third-order valence-corrected chi connectivity index (χ3v) is 3.76. The van der Waals surface area contributed by atoms with Gasteiger partial charge in [-0.3, -0.25) is 9.48 Å². The Hall–Kier alpha value is -3.29. The Morgan fingerprint density at radius 3 is 2.92 bits per heavy atom. The van der Waals surface area contributed by atoms with Crippen LogP contribution in [-0.4, -0.2) is 27.8 Å². The minimum atomic E-state index is -0.322. The summed E-state index contributed by atoms with van der Waals surface area (Å²) in [5, 5.41) is 6.95. The molecule has 136 valence electrons. The lowest BCUT2D eigenvalue weighted by atomic mass is 10.2. The SMILES string of the molecule is COc1cccc(OCc2nc(C(=O)N[C@H](C)c3cnn(C)c3)co2)c1. The monoisotopic (exact) mass is 356 g/mol. The minimum Gasteiger partial charge on any atom is -0.497 e. The maximum atomic E-state index is 12.3. The highest BCUT2D eigenvalue weighted by molar-refractivity contribution is 5.92. The highest BCUT2D eigenvalue weighted by Crippen LogP contribution is 2.20. The van der Waals surface area contributed by atoms with Crippen LogP contribution in [0.2, 0.25) is 0 Å². The quantitative estimate of drug-likeness (QED) is 0.699. The van der Waals surface area contributed by atoms with Crippen molar-refractivity contribution >= 4 is 5.91 Å². The molecular weight excluding hydrogens is 336 g/mol. The van der Waals surface area contributed by atoms with Crippen LogP contribution in [0, 0.1) is 0 Å². The second-order valence-corrected chi connectivity index (χ2v) is 5.74. The van der Waals surface area contributed by atoms with Crippen LogP contribution in [0.4, 0.5) is 0 Å². The topological polar surface area (TPSA) is 91.4 Å². The van der Waals surface area contributed by atoms with E-state index in [2.05, 4.69) is 15.4 Å². The molecule has 0 aliphatic heterocycles. The number of nitrogens with zero attached hydrogens (tertiary/aromatic N) is 3. The molecule has 0 aliphatic rings. The molecule has 2 heterocycles. The summed E-state index contributed by atoms with van der Waals surface area (Å²) in [6, 6.07) is 7.01. The second kappa shape index (κ2) is 7.73. The van der Waals surface area contributed by atoms with Gasteiger partial charge in [0.05, 0.1) is 19.3 Å². The largest absolute Gasteiger partial charge is 0.497 e. The molecule has 1 atom stereocenters. The van der Waals surface area contributed by atoms with E-state index in [1.807, 2.05) is 32.3 Å². The number of hydrogen-bond acceptors (Lipinski definition) is 6. The van der Waals surface area contributed by atoms with Crippen LogP contribution < -0.4 is 14.8 Å². The number of oxazole rings is 1. The van der Waals surface area contributed by atoms with Gasteiger partial charge in [-0.15, -0.1) is 0 Å². The number of aryl methyl sites for hydroxylation is 1. The second-order valence-electron chi connectivity index (χ2n) is 5.74. The van der Waals surface area contributed by atoms with E-state index >= 15 is 0 Å². The fourth-order valence-electron chi connectivity index (χ4n) is 2.34. The predicted molar refractivity (Wildman–Crippen MR) is 92.9 cm³/mol. The zero-order chi connectivity index (χ0) is 18.5. The van der Waals surface area contributed by atoms with E-state index in [1.165, 1.54) is 6.26 Å². The zero-order valence-corrected chi connectivity index (χ0v) is 14.8. The first-order valence-electron chi connectivity index (χ1n) is 8.06. The van der Waals surface area contributed by atoms with Gasteiger partial charge >= 0.3 is 0 Å². The van der Waals surface area contributed by atoms with Crippen molar-refractivity contribution in [3.05, 3.63) is 60.1 Å². The van der Waals surface area contributed by atoms with Crippen molar-refractivity contribution in [2.75, 3.05) is 7.11 Å². The van der Waals surface area contributed by atoms with Crippen LogP contribution in [0.1, 0.15) is 34.9 Å². The molecule has 26 heavy (non-hydrogen) atoms.